The average molecular weight is 745 g/mol. The van der Waals surface area contributed by atoms with E-state index >= 15 is 0 Å². The van der Waals surface area contributed by atoms with Crippen LogP contribution in [0.3, 0.4) is 0 Å². The van der Waals surface area contributed by atoms with Gasteiger partial charge in [0.05, 0.1) is 39.4 Å². The summed E-state index contributed by atoms with van der Waals surface area (Å²) in [7, 11) is 0. The summed E-state index contributed by atoms with van der Waals surface area (Å²) in [4.78, 5) is 19.1. The Morgan fingerprint density at radius 2 is 1.20 bits per heavy atom. The molecule has 0 spiro atoms. The maximum atomic E-state index is 9.61. The summed E-state index contributed by atoms with van der Waals surface area (Å²) in [6.45, 7) is 10.2. The molecule has 4 aromatic carbocycles. The second kappa shape index (κ2) is 23.5. The number of nitrogens with two attached hydrogens (primary N) is 1. The van der Waals surface area contributed by atoms with Crippen molar-refractivity contribution >= 4 is 11.9 Å². The van der Waals surface area contributed by atoms with Crippen molar-refractivity contribution in [3.63, 3.8) is 0 Å². The van der Waals surface area contributed by atoms with E-state index in [1.807, 2.05) is 98.8 Å². The van der Waals surface area contributed by atoms with Gasteiger partial charge in [-0.25, -0.2) is 0 Å². The average Bonchev–Trinajstić information content (AvgIpc) is 3.21. The van der Waals surface area contributed by atoms with E-state index in [0.29, 0.717) is 19.8 Å². The van der Waals surface area contributed by atoms with E-state index in [9.17, 15) is 14.7 Å². The first-order valence-corrected chi connectivity index (χ1v) is 18.4. The van der Waals surface area contributed by atoms with E-state index in [-0.39, 0.29) is 30.8 Å². The van der Waals surface area contributed by atoms with E-state index in [4.69, 9.17) is 33.5 Å². The zero-order valence-corrected chi connectivity index (χ0v) is 31.0. The van der Waals surface area contributed by atoms with Gasteiger partial charge < -0.3 is 54.1 Å². The van der Waals surface area contributed by atoms with Crippen LogP contribution in [-0.2, 0) is 19.1 Å². The minimum absolute atomic E-state index is 0.0270. The summed E-state index contributed by atoms with van der Waals surface area (Å²) in [5.74, 6) is 0.603. The number of aliphatic carboxylic acids is 2. The Hall–Kier alpha value is -5.14. The molecule has 4 atom stereocenters. The van der Waals surface area contributed by atoms with Crippen LogP contribution in [0.4, 0.5) is 0 Å². The molecule has 2 aliphatic heterocycles. The van der Waals surface area contributed by atoms with Crippen LogP contribution >= 0.6 is 0 Å². The maximum Gasteiger partial charge on any atom is 0.303 e. The molecule has 4 aromatic rings. The Kier molecular flexibility index (Phi) is 18.1. The van der Waals surface area contributed by atoms with Gasteiger partial charge in [0.2, 0.25) is 0 Å². The number of morpholine rings is 2. The number of rotatable bonds is 15. The number of carbonyl (C=O) groups excluding carboxylic acids is 1. The minimum atomic E-state index is -1.33. The lowest BCUT2D eigenvalue weighted by Gasteiger charge is -2.32. The van der Waals surface area contributed by atoms with Gasteiger partial charge in [0.1, 0.15) is 18.8 Å². The van der Waals surface area contributed by atoms with Gasteiger partial charge in [0.15, 0.2) is 35.2 Å². The van der Waals surface area contributed by atoms with Gasteiger partial charge in [-0.1, -0.05) is 84.9 Å². The fourth-order valence-electron chi connectivity index (χ4n) is 5.77. The Morgan fingerprint density at radius 3 is 1.61 bits per heavy atom. The van der Waals surface area contributed by atoms with E-state index in [1.165, 1.54) is 0 Å². The highest BCUT2D eigenvalue weighted by Gasteiger charge is 2.31. The standard InChI is InChI=1S/2C19H23NO3.C4H6O4/c2*1-2-21-16-10-6-7-11-17(16)23-19(15-8-4-3-5-9-15)18-14-20-12-13-22-18;5-3(6)1-2-4(7)8/h2*3-11,18-20H,2,12-14H2,1H3;1-2H2,(H,5,6)(H,7,8)/t2*18-,19-;/m00./s1. The Morgan fingerprint density at radius 1 is 0.722 bits per heavy atom. The van der Waals surface area contributed by atoms with Crippen LogP contribution in [0.2, 0.25) is 0 Å². The molecule has 0 unspecified atom stereocenters. The number of nitrogens with one attached hydrogen (secondary N) is 1. The topological polar surface area (TPSA) is 161 Å². The fourth-order valence-corrected chi connectivity index (χ4v) is 5.77. The van der Waals surface area contributed by atoms with E-state index < -0.39 is 18.4 Å². The van der Waals surface area contributed by atoms with Crippen LogP contribution in [0.5, 0.6) is 23.0 Å². The summed E-state index contributed by atoms with van der Waals surface area (Å²) >= 11 is 0. The lowest BCUT2D eigenvalue weighted by Crippen LogP contribution is -2.90. The second-order valence-electron chi connectivity index (χ2n) is 12.3. The highest BCUT2D eigenvalue weighted by molar-refractivity contribution is 5.74. The lowest BCUT2D eigenvalue weighted by atomic mass is 10.0. The molecule has 2 saturated heterocycles. The predicted octanol–water partition coefficient (Wildman–Crippen LogP) is 3.96. The molecule has 2 fully saturated rings. The molecule has 2 heterocycles. The smallest absolute Gasteiger partial charge is 0.303 e. The number of ether oxygens (including phenoxy) is 6. The number of carboxylic acids is 2. The Bertz CT molecular complexity index is 1520. The van der Waals surface area contributed by atoms with Crippen LogP contribution in [0.15, 0.2) is 109 Å². The molecule has 12 nitrogen and oxygen atoms in total. The number of hydrogen-bond donors (Lipinski definition) is 3. The van der Waals surface area contributed by atoms with Gasteiger partial charge in [-0.2, -0.15) is 0 Å². The predicted molar refractivity (Wildman–Crippen MR) is 201 cm³/mol. The number of quaternary nitrogens is 1. The first-order valence-electron chi connectivity index (χ1n) is 18.4. The summed E-state index contributed by atoms with van der Waals surface area (Å²) in [5.41, 5.74) is 2.23. The normalized spacial score (nSPS) is 17.5. The third-order valence-corrected chi connectivity index (χ3v) is 8.29. The summed E-state index contributed by atoms with van der Waals surface area (Å²) < 4.78 is 36.0. The van der Waals surface area contributed by atoms with Crippen LogP contribution in [0, 0.1) is 0 Å². The summed E-state index contributed by atoms with van der Waals surface area (Å²) in [5, 5.41) is 23.1. The minimum Gasteiger partial charge on any atom is -0.550 e. The SMILES string of the molecule is CCOc1ccccc1O[C@@H](c1ccccc1)[C@@H]1CNCCO1.CCOc1ccccc1O[C@@H](c1ccccc1)[C@@H]1C[NH2+]CCO1.O=C([O-])CCC(=O)O. The van der Waals surface area contributed by atoms with Gasteiger partial charge in [-0.05, 0) is 55.7 Å². The highest BCUT2D eigenvalue weighted by atomic mass is 16.6. The van der Waals surface area contributed by atoms with E-state index in [1.54, 1.807) is 0 Å². The molecule has 0 radical (unpaired) electrons. The molecule has 0 aliphatic carbocycles. The molecule has 0 saturated carbocycles. The molecule has 12 heteroatoms. The van der Waals surface area contributed by atoms with Crippen LogP contribution in [0.25, 0.3) is 0 Å². The Balaban J connectivity index is 0.000000201. The number of hydrogen-bond acceptors (Lipinski definition) is 10. The zero-order valence-electron chi connectivity index (χ0n) is 31.0. The van der Waals surface area contributed by atoms with Crippen molar-refractivity contribution < 1.29 is 53.5 Å². The zero-order chi connectivity index (χ0) is 38.4. The summed E-state index contributed by atoms with van der Waals surface area (Å²) in [6, 6.07) is 36.1. The number of carbonyl (C=O) groups is 2. The largest absolute Gasteiger partial charge is 0.550 e. The monoisotopic (exact) mass is 744 g/mol. The van der Waals surface area contributed by atoms with Crippen molar-refractivity contribution in [2.75, 3.05) is 52.6 Å². The molecule has 2 aliphatic rings. The van der Waals surface area contributed by atoms with Gasteiger partial charge in [-0.15, -0.1) is 0 Å². The molecule has 4 N–H and O–H groups in total. The highest BCUT2D eigenvalue weighted by Crippen LogP contribution is 2.35. The van der Waals surface area contributed by atoms with Gasteiger partial charge in [0.25, 0.3) is 0 Å². The van der Waals surface area contributed by atoms with Gasteiger partial charge >= 0.3 is 5.97 Å². The maximum absolute atomic E-state index is 9.61. The van der Waals surface area contributed by atoms with E-state index in [2.05, 4.69) is 34.9 Å². The lowest BCUT2D eigenvalue weighted by molar-refractivity contribution is -0.678. The van der Waals surface area contributed by atoms with E-state index in [0.717, 1.165) is 66.9 Å². The molecule has 0 bridgehead atoms. The quantitative estimate of drug-likeness (QED) is 0.162. The molecule has 0 amide bonds. The van der Waals surface area contributed by atoms with Crippen LogP contribution in [0.1, 0.15) is 50.0 Å². The van der Waals surface area contributed by atoms with Crippen molar-refractivity contribution in [2.45, 2.75) is 51.1 Å². The van der Waals surface area contributed by atoms with Gasteiger partial charge in [0, 0.05) is 19.1 Å². The molecule has 6 rings (SSSR count). The van der Waals surface area contributed by atoms with Crippen molar-refractivity contribution in [2.24, 2.45) is 0 Å². The fraction of sp³-hybridized carbons (Fsp3) is 0.381. The first kappa shape index (κ1) is 41.6. The van der Waals surface area contributed by atoms with Crippen LogP contribution in [-0.4, -0.2) is 81.9 Å². The number of carboxylic acid groups (broad SMARTS) is 2. The molecule has 0 aromatic heterocycles. The molecular formula is C42H52N2O10. The number of benzene rings is 4. The van der Waals surface area contributed by atoms with Crippen molar-refractivity contribution in [1.82, 2.24) is 5.32 Å². The van der Waals surface area contributed by atoms with Crippen molar-refractivity contribution in [3.05, 3.63) is 120 Å². The van der Waals surface area contributed by atoms with Crippen molar-refractivity contribution in [1.29, 1.82) is 0 Å². The molecular weight excluding hydrogens is 692 g/mol. The molecule has 54 heavy (non-hydrogen) atoms. The Labute approximate surface area is 317 Å². The second-order valence-corrected chi connectivity index (χ2v) is 12.3. The third kappa shape index (κ3) is 14.0. The van der Waals surface area contributed by atoms with Gasteiger partial charge in [-0.3, -0.25) is 4.79 Å². The third-order valence-electron chi connectivity index (χ3n) is 8.29. The van der Waals surface area contributed by atoms with Crippen LogP contribution < -0.4 is 34.7 Å². The number of para-hydroxylation sites is 4. The summed E-state index contributed by atoms with van der Waals surface area (Å²) in [6.07, 6.45) is -1.08. The first-order chi connectivity index (χ1) is 26.4. The van der Waals surface area contributed by atoms with Crippen molar-refractivity contribution in [3.8, 4) is 23.0 Å². The molecule has 290 valence electrons.